The number of hydrogen-bond acceptors (Lipinski definition) is 4. The molecule has 2 rings (SSSR count). The number of thioether (sulfide) groups is 1. The lowest BCUT2D eigenvalue weighted by Crippen LogP contribution is -2.31. The van der Waals surface area contributed by atoms with Gasteiger partial charge in [0.1, 0.15) is 5.75 Å². The van der Waals surface area contributed by atoms with Crippen molar-refractivity contribution in [1.82, 2.24) is 0 Å². The number of carbonyl (C=O) groups excluding carboxylic acids is 1. The molecule has 0 saturated carbocycles. The molecule has 0 unspecified atom stereocenters. The van der Waals surface area contributed by atoms with E-state index in [4.69, 9.17) is 9.47 Å². The van der Waals surface area contributed by atoms with Crippen LogP contribution in [0.4, 0.5) is 0 Å². The third-order valence-corrected chi connectivity index (χ3v) is 3.64. The van der Waals surface area contributed by atoms with Gasteiger partial charge in [-0.15, -0.1) is 11.8 Å². The molecule has 0 bridgehead atoms. The molecule has 86 valence electrons. The molecule has 1 fully saturated rings. The van der Waals surface area contributed by atoms with E-state index in [2.05, 4.69) is 0 Å². The van der Waals surface area contributed by atoms with Crippen LogP contribution in [0.1, 0.15) is 10.4 Å². The molecule has 1 aromatic carbocycles. The second-order valence-corrected chi connectivity index (χ2v) is 4.88. The van der Waals surface area contributed by atoms with Crippen LogP contribution in [0.2, 0.25) is 0 Å². The van der Waals surface area contributed by atoms with Crippen LogP contribution in [-0.2, 0) is 4.74 Å². The van der Waals surface area contributed by atoms with Crippen LogP contribution in [-0.4, -0.2) is 37.1 Å². The summed E-state index contributed by atoms with van der Waals surface area (Å²) >= 11 is 1.66. The van der Waals surface area contributed by atoms with Crippen LogP contribution in [0.15, 0.2) is 24.3 Å². The van der Waals surface area contributed by atoms with Crippen molar-refractivity contribution in [2.24, 2.45) is 0 Å². The number of ketones is 1. The molecule has 0 aromatic heterocycles. The topological polar surface area (TPSA) is 35.5 Å². The number of para-hydroxylation sites is 1. The Morgan fingerprint density at radius 2 is 2.25 bits per heavy atom. The van der Waals surface area contributed by atoms with Crippen LogP contribution < -0.4 is 4.74 Å². The molecule has 0 amide bonds. The third-order valence-electron chi connectivity index (χ3n) is 2.46. The van der Waals surface area contributed by atoms with Crippen LogP contribution >= 0.6 is 11.8 Å². The van der Waals surface area contributed by atoms with Gasteiger partial charge in [-0.1, -0.05) is 12.1 Å². The van der Waals surface area contributed by atoms with Gasteiger partial charge in [0.25, 0.3) is 0 Å². The van der Waals surface area contributed by atoms with E-state index >= 15 is 0 Å². The molecule has 16 heavy (non-hydrogen) atoms. The fraction of sp³-hybridized carbons (Fsp3) is 0.417. The second kappa shape index (κ2) is 5.37. The lowest BCUT2D eigenvalue weighted by molar-refractivity contribution is 0.0455. The van der Waals surface area contributed by atoms with Crippen LogP contribution in [0, 0.1) is 0 Å². The van der Waals surface area contributed by atoms with Gasteiger partial charge in [0.05, 0.1) is 36.9 Å². The molecule has 1 saturated heterocycles. The summed E-state index contributed by atoms with van der Waals surface area (Å²) in [5.74, 6) is 1.27. The maximum absolute atomic E-state index is 11.9. The fourth-order valence-corrected chi connectivity index (χ4v) is 2.38. The maximum atomic E-state index is 11.9. The Morgan fingerprint density at radius 3 is 2.88 bits per heavy atom. The third kappa shape index (κ3) is 2.57. The van der Waals surface area contributed by atoms with Gasteiger partial charge in [0.2, 0.25) is 0 Å². The minimum Gasteiger partial charge on any atom is -0.496 e. The van der Waals surface area contributed by atoms with Crippen molar-refractivity contribution in [3.05, 3.63) is 29.8 Å². The Balaban J connectivity index is 1.96. The molecule has 0 spiro atoms. The minimum absolute atomic E-state index is 0.120. The van der Waals surface area contributed by atoms with E-state index in [0.717, 1.165) is 13.2 Å². The minimum atomic E-state index is 0.120. The molecular weight excluding hydrogens is 224 g/mol. The first-order chi connectivity index (χ1) is 7.81. The smallest absolute Gasteiger partial charge is 0.176 e. The average molecular weight is 238 g/mol. The number of Topliss-reactive ketones (excluding diaryl/α,β-unsaturated/α-hetero) is 1. The maximum Gasteiger partial charge on any atom is 0.176 e. The van der Waals surface area contributed by atoms with Crippen molar-refractivity contribution < 1.29 is 14.3 Å². The number of hydrogen-bond donors (Lipinski definition) is 0. The van der Waals surface area contributed by atoms with Crippen molar-refractivity contribution in [2.45, 2.75) is 5.25 Å². The van der Waals surface area contributed by atoms with Gasteiger partial charge < -0.3 is 9.47 Å². The summed E-state index contributed by atoms with van der Waals surface area (Å²) in [6.07, 6.45) is 0. The van der Waals surface area contributed by atoms with E-state index in [-0.39, 0.29) is 5.78 Å². The lowest BCUT2D eigenvalue weighted by Gasteiger charge is -2.24. The highest BCUT2D eigenvalue weighted by Gasteiger charge is 2.21. The number of ether oxygens (including phenoxy) is 2. The monoisotopic (exact) mass is 238 g/mol. The van der Waals surface area contributed by atoms with Crippen LogP contribution in [0.5, 0.6) is 5.75 Å². The summed E-state index contributed by atoms with van der Waals surface area (Å²) in [5.41, 5.74) is 0.665. The Bertz CT molecular complexity index is 374. The van der Waals surface area contributed by atoms with Gasteiger partial charge >= 0.3 is 0 Å². The predicted molar refractivity (Wildman–Crippen MR) is 64.4 cm³/mol. The Hall–Kier alpha value is -1.00. The van der Waals surface area contributed by atoms with E-state index in [1.165, 1.54) is 0 Å². The summed E-state index contributed by atoms with van der Waals surface area (Å²) in [5, 5.41) is 0.485. The summed E-state index contributed by atoms with van der Waals surface area (Å²) in [7, 11) is 1.58. The zero-order chi connectivity index (χ0) is 11.4. The SMILES string of the molecule is COc1ccccc1C(=O)CSC1COC1. The van der Waals surface area contributed by atoms with Gasteiger partial charge in [-0.2, -0.15) is 0 Å². The highest BCUT2D eigenvalue weighted by atomic mass is 32.2. The highest BCUT2D eigenvalue weighted by Crippen LogP contribution is 2.23. The molecule has 1 heterocycles. The zero-order valence-corrected chi connectivity index (χ0v) is 9.96. The Morgan fingerprint density at radius 1 is 1.50 bits per heavy atom. The first-order valence-corrected chi connectivity index (χ1v) is 6.21. The molecular formula is C12H14O3S. The van der Waals surface area contributed by atoms with Gasteiger partial charge in [-0.3, -0.25) is 4.79 Å². The molecule has 1 aromatic rings. The number of carbonyl (C=O) groups is 1. The molecule has 4 heteroatoms. The van der Waals surface area contributed by atoms with Gasteiger partial charge in [0, 0.05) is 0 Å². The van der Waals surface area contributed by atoms with Gasteiger partial charge in [-0.05, 0) is 12.1 Å². The number of benzene rings is 1. The predicted octanol–water partition coefficient (Wildman–Crippen LogP) is 2.01. The van der Waals surface area contributed by atoms with Crippen molar-refractivity contribution in [3.8, 4) is 5.75 Å². The summed E-state index contributed by atoms with van der Waals surface area (Å²) < 4.78 is 10.2. The van der Waals surface area contributed by atoms with Crippen molar-refractivity contribution in [2.75, 3.05) is 26.1 Å². The van der Waals surface area contributed by atoms with Gasteiger partial charge in [-0.25, -0.2) is 0 Å². The first kappa shape index (κ1) is 11.5. The first-order valence-electron chi connectivity index (χ1n) is 5.17. The standard InChI is InChI=1S/C12H14O3S/c1-14-12-5-3-2-4-10(12)11(13)8-16-9-6-15-7-9/h2-5,9H,6-8H2,1H3. The molecule has 0 radical (unpaired) electrons. The Kier molecular flexibility index (Phi) is 3.85. The van der Waals surface area contributed by atoms with E-state index < -0.39 is 0 Å². The summed E-state index contributed by atoms with van der Waals surface area (Å²) in [4.78, 5) is 11.9. The van der Waals surface area contributed by atoms with Crippen molar-refractivity contribution in [1.29, 1.82) is 0 Å². The average Bonchev–Trinajstić information content (AvgIpc) is 2.26. The van der Waals surface area contributed by atoms with E-state index in [1.54, 1.807) is 24.9 Å². The quantitative estimate of drug-likeness (QED) is 0.735. The molecule has 3 nitrogen and oxygen atoms in total. The number of methoxy groups -OCH3 is 1. The van der Waals surface area contributed by atoms with E-state index in [1.807, 2.05) is 18.2 Å². The van der Waals surface area contributed by atoms with Gasteiger partial charge in [0.15, 0.2) is 5.78 Å². The molecule has 1 aliphatic rings. The lowest BCUT2D eigenvalue weighted by atomic mass is 10.1. The van der Waals surface area contributed by atoms with E-state index in [0.29, 0.717) is 22.3 Å². The van der Waals surface area contributed by atoms with Crippen molar-refractivity contribution >= 4 is 17.5 Å². The molecule has 0 N–H and O–H groups in total. The zero-order valence-electron chi connectivity index (χ0n) is 9.14. The van der Waals surface area contributed by atoms with Crippen molar-refractivity contribution in [3.63, 3.8) is 0 Å². The van der Waals surface area contributed by atoms with Crippen LogP contribution in [0.25, 0.3) is 0 Å². The molecule has 1 aliphatic heterocycles. The highest BCUT2D eigenvalue weighted by molar-refractivity contribution is 8.00. The molecule has 0 aliphatic carbocycles. The fourth-order valence-electron chi connectivity index (χ4n) is 1.46. The largest absolute Gasteiger partial charge is 0.496 e. The Labute approximate surface area is 99.1 Å². The number of rotatable bonds is 5. The normalized spacial score (nSPS) is 15.6. The van der Waals surface area contributed by atoms with Crippen LogP contribution in [0.3, 0.4) is 0 Å². The second-order valence-electron chi connectivity index (χ2n) is 3.59. The van der Waals surface area contributed by atoms with E-state index in [9.17, 15) is 4.79 Å². The summed E-state index contributed by atoms with van der Waals surface area (Å²) in [6.45, 7) is 1.54. The summed E-state index contributed by atoms with van der Waals surface area (Å²) in [6, 6.07) is 7.33. The molecule has 0 atom stereocenters.